The highest BCUT2D eigenvalue weighted by Gasteiger charge is 2.44. The normalized spacial score (nSPS) is 31.1. The monoisotopic (exact) mass is 570 g/mol. The molecule has 1 fully saturated rings. The lowest BCUT2D eigenvalue weighted by molar-refractivity contribution is 0.0177. The largest absolute Gasteiger partial charge is 0.490 e. The number of sulfonamides is 1. The second-order valence-electron chi connectivity index (χ2n) is 11.6. The molecule has 2 aliphatic carbocycles. The maximum Gasteiger partial charge on any atom is 0.264 e. The highest BCUT2D eigenvalue weighted by Crippen LogP contribution is 2.46. The Morgan fingerprint density at radius 1 is 1.13 bits per heavy atom. The van der Waals surface area contributed by atoms with E-state index in [1.807, 2.05) is 12.1 Å². The molecule has 1 spiro atoms. The molecule has 6 rings (SSSR count). The summed E-state index contributed by atoms with van der Waals surface area (Å²) in [6.07, 6.45) is 8.95. The number of anilines is 1. The number of nitrogens with one attached hydrogen (secondary N) is 1. The van der Waals surface area contributed by atoms with Gasteiger partial charge in [-0.2, -0.15) is 0 Å². The summed E-state index contributed by atoms with van der Waals surface area (Å²) in [5.74, 6) is 0.355. The van der Waals surface area contributed by atoms with Crippen molar-refractivity contribution < 1.29 is 23.1 Å². The van der Waals surface area contributed by atoms with E-state index < -0.39 is 22.0 Å². The van der Waals surface area contributed by atoms with Crippen LogP contribution in [0.15, 0.2) is 48.6 Å². The van der Waals surface area contributed by atoms with Crippen molar-refractivity contribution in [2.45, 2.75) is 56.5 Å². The second kappa shape index (κ2) is 10.5. The van der Waals surface area contributed by atoms with Crippen molar-refractivity contribution in [3.63, 3.8) is 0 Å². The van der Waals surface area contributed by atoms with Gasteiger partial charge in [0, 0.05) is 29.1 Å². The Kier molecular flexibility index (Phi) is 7.14. The number of hydrogen-bond donors (Lipinski definition) is 2. The zero-order valence-corrected chi connectivity index (χ0v) is 23.5. The molecule has 0 radical (unpaired) electrons. The van der Waals surface area contributed by atoms with Crippen LogP contribution in [-0.4, -0.2) is 51.0 Å². The average molecular weight is 571 g/mol. The number of rotatable bonds is 0. The molecule has 1 amide bonds. The number of halogens is 1. The third kappa shape index (κ3) is 5.31. The SMILES string of the molecule is O=C1NS(=O)(=O)CC/C=C/C[C@H](O)[C@@H]2CC[C@H]2CN2C[C@@]3(CCCc4cc(Cl)ccc43)COc3ccc1cc32. The van der Waals surface area contributed by atoms with Crippen LogP contribution in [0.1, 0.15) is 60.0 Å². The Bertz CT molecular complexity index is 1410. The number of nitrogens with zero attached hydrogens (tertiary/aromatic N) is 1. The lowest BCUT2D eigenvalue weighted by Crippen LogP contribution is -2.49. The van der Waals surface area contributed by atoms with E-state index in [2.05, 4.69) is 21.8 Å². The molecule has 4 aliphatic rings. The summed E-state index contributed by atoms with van der Waals surface area (Å²) in [4.78, 5) is 15.4. The van der Waals surface area contributed by atoms with Crippen molar-refractivity contribution >= 4 is 33.2 Å². The van der Waals surface area contributed by atoms with Crippen LogP contribution in [0.25, 0.3) is 0 Å². The van der Waals surface area contributed by atoms with Gasteiger partial charge in [-0.05, 0) is 98.2 Å². The lowest BCUT2D eigenvalue weighted by Gasteiger charge is -2.45. The fourth-order valence-corrected chi connectivity index (χ4v) is 8.01. The Morgan fingerprint density at radius 3 is 2.82 bits per heavy atom. The van der Waals surface area contributed by atoms with Crippen molar-refractivity contribution in [3.8, 4) is 5.75 Å². The van der Waals surface area contributed by atoms with Crippen LogP contribution in [0.3, 0.4) is 0 Å². The zero-order chi connectivity index (χ0) is 27.2. The Balaban J connectivity index is 1.41. The molecular weight excluding hydrogens is 536 g/mol. The summed E-state index contributed by atoms with van der Waals surface area (Å²) in [5.41, 5.74) is 3.35. The van der Waals surface area contributed by atoms with Gasteiger partial charge >= 0.3 is 0 Å². The minimum Gasteiger partial charge on any atom is -0.490 e. The number of allylic oxidation sites excluding steroid dienone is 1. The molecule has 2 aromatic rings. The minimum atomic E-state index is -3.80. The standard InChI is InChI=1S/C30H35ClN2O5S/c31-23-9-11-25-20(15-23)5-4-13-30(25)18-33-17-22-7-10-24(22)27(34)6-2-1-3-14-39(36,37)32-29(35)21-8-12-28(38-19-30)26(33)16-21/h1-2,8-9,11-12,15-16,22,24,27,34H,3-7,10,13-14,17-19H2,(H,32,35)/b2-1+/t22-,24+,27-,30-/m0/s1. The van der Waals surface area contributed by atoms with Gasteiger partial charge < -0.3 is 14.7 Å². The first-order valence-corrected chi connectivity index (χ1v) is 15.9. The molecule has 1 saturated carbocycles. The molecule has 2 heterocycles. The van der Waals surface area contributed by atoms with Crippen molar-refractivity contribution in [1.82, 2.24) is 4.72 Å². The Labute approximate surface area is 235 Å². The molecular formula is C30H35ClN2O5S. The number of carbonyl (C=O) groups excluding carboxylic acids is 1. The molecule has 9 heteroatoms. The molecule has 2 aliphatic heterocycles. The molecule has 4 atom stereocenters. The number of aliphatic hydroxyl groups excluding tert-OH is 1. The maximum absolute atomic E-state index is 13.0. The summed E-state index contributed by atoms with van der Waals surface area (Å²) in [7, 11) is -3.80. The van der Waals surface area contributed by atoms with Crippen LogP contribution in [0.4, 0.5) is 5.69 Å². The van der Waals surface area contributed by atoms with Gasteiger partial charge in [0.2, 0.25) is 10.0 Å². The molecule has 0 unspecified atom stereocenters. The third-order valence-corrected chi connectivity index (χ3v) is 10.6. The summed E-state index contributed by atoms with van der Waals surface area (Å²) < 4.78 is 33.9. The van der Waals surface area contributed by atoms with Crippen LogP contribution in [0.5, 0.6) is 5.75 Å². The minimum absolute atomic E-state index is 0.179. The van der Waals surface area contributed by atoms with Gasteiger partial charge in [0.25, 0.3) is 5.91 Å². The van der Waals surface area contributed by atoms with Crippen LogP contribution in [0, 0.1) is 11.8 Å². The fraction of sp³-hybridized carbons (Fsp3) is 0.500. The number of benzene rings is 2. The van der Waals surface area contributed by atoms with Crippen LogP contribution in [0.2, 0.25) is 5.02 Å². The third-order valence-electron chi connectivity index (χ3n) is 9.07. The van der Waals surface area contributed by atoms with Gasteiger partial charge in [0.15, 0.2) is 0 Å². The molecule has 7 nitrogen and oxygen atoms in total. The topological polar surface area (TPSA) is 95.9 Å². The molecule has 2 N–H and O–H groups in total. The van der Waals surface area contributed by atoms with Crippen molar-refractivity contribution in [3.05, 3.63) is 70.3 Å². The first-order chi connectivity index (χ1) is 18.7. The van der Waals surface area contributed by atoms with Crippen molar-refractivity contribution in [2.24, 2.45) is 11.8 Å². The fourth-order valence-electron chi connectivity index (χ4n) is 6.87. The summed E-state index contributed by atoms with van der Waals surface area (Å²) in [6, 6.07) is 11.3. The quantitative estimate of drug-likeness (QED) is 0.449. The van der Waals surface area contributed by atoms with Crippen molar-refractivity contribution in [1.29, 1.82) is 0 Å². The van der Waals surface area contributed by atoms with Crippen molar-refractivity contribution in [2.75, 3.05) is 30.3 Å². The highest BCUT2D eigenvalue weighted by molar-refractivity contribution is 7.90. The van der Waals surface area contributed by atoms with E-state index in [1.54, 1.807) is 24.3 Å². The van der Waals surface area contributed by atoms with Gasteiger partial charge in [-0.3, -0.25) is 4.79 Å². The molecule has 0 aromatic heterocycles. The second-order valence-corrected chi connectivity index (χ2v) is 13.9. The predicted octanol–water partition coefficient (Wildman–Crippen LogP) is 4.61. The number of fused-ring (bicyclic) bond motifs is 4. The zero-order valence-electron chi connectivity index (χ0n) is 21.9. The molecule has 2 aromatic carbocycles. The van der Waals surface area contributed by atoms with Crippen LogP contribution in [-0.2, 0) is 21.9 Å². The smallest absolute Gasteiger partial charge is 0.264 e. The van der Waals surface area contributed by atoms with Gasteiger partial charge in [0.1, 0.15) is 5.75 Å². The van der Waals surface area contributed by atoms with E-state index in [9.17, 15) is 18.3 Å². The number of carbonyl (C=O) groups is 1. The van der Waals surface area contributed by atoms with E-state index in [-0.39, 0.29) is 29.1 Å². The molecule has 39 heavy (non-hydrogen) atoms. The van der Waals surface area contributed by atoms with Gasteiger partial charge in [0.05, 0.1) is 24.2 Å². The average Bonchev–Trinajstić information content (AvgIpc) is 3.02. The summed E-state index contributed by atoms with van der Waals surface area (Å²) >= 11 is 6.36. The Hall–Kier alpha value is -2.55. The van der Waals surface area contributed by atoms with E-state index in [1.165, 1.54) is 11.1 Å². The van der Waals surface area contributed by atoms with Gasteiger partial charge in [-0.1, -0.05) is 29.8 Å². The summed E-state index contributed by atoms with van der Waals surface area (Å²) in [5, 5.41) is 11.7. The van der Waals surface area contributed by atoms with Gasteiger partial charge in [-0.25, -0.2) is 13.1 Å². The Morgan fingerprint density at radius 2 is 2.00 bits per heavy atom. The first kappa shape index (κ1) is 26.7. The van der Waals surface area contributed by atoms with Crippen LogP contribution >= 0.6 is 11.6 Å². The highest BCUT2D eigenvalue weighted by atomic mass is 35.5. The number of aryl methyl sites for hydroxylation is 1. The first-order valence-electron chi connectivity index (χ1n) is 13.9. The van der Waals surface area contributed by atoms with Crippen LogP contribution < -0.4 is 14.4 Å². The van der Waals surface area contributed by atoms with Gasteiger partial charge in [-0.15, -0.1) is 0 Å². The maximum atomic E-state index is 13.0. The molecule has 208 valence electrons. The van der Waals surface area contributed by atoms with E-state index in [0.717, 1.165) is 49.4 Å². The number of ether oxygens (including phenoxy) is 1. The number of hydrogen-bond acceptors (Lipinski definition) is 6. The number of amides is 1. The lowest BCUT2D eigenvalue weighted by atomic mass is 9.68. The van der Waals surface area contributed by atoms with E-state index in [4.69, 9.17) is 16.3 Å². The number of aliphatic hydroxyl groups is 1. The summed E-state index contributed by atoms with van der Waals surface area (Å²) in [6.45, 7) is 1.94. The molecule has 0 saturated heterocycles. The van der Waals surface area contributed by atoms with E-state index >= 15 is 0 Å². The predicted molar refractivity (Wildman–Crippen MR) is 152 cm³/mol. The molecule has 2 bridgehead atoms. The van der Waals surface area contributed by atoms with E-state index in [0.29, 0.717) is 31.2 Å².